The summed E-state index contributed by atoms with van der Waals surface area (Å²) in [7, 11) is 0. The first-order valence-corrected chi connectivity index (χ1v) is 26.9. The van der Waals surface area contributed by atoms with E-state index in [1.165, 1.54) is 50.3 Å². The maximum absolute atomic E-state index is 7.26. The zero-order valence-corrected chi connectivity index (χ0v) is 42.7. The lowest BCUT2D eigenvalue weighted by Crippen LogP contribution is -2.39. The molecule has 78 heavy (non-hydrogen) atoms. The number of para-hydroxylation sites is 4. The number of hydrogen-bond donors (Lipinski definition) is 0. The molecule has 0 fully saturated rings. The zero-order chi connectivity index (χ0) is 51.6. The van der Waals surface area contributed by atoms with Crippen LogP contribution in [0.15, 0.2) is 319 Å². The summed E-state index contributed by atoms with van der Waals surface area (Å²) in [5.74, 6) is 0. The molecule has 0 bridgehead atoms. The molecule has 3 aliphatic rings. The highest BCUT2D eigenvalue weighted by molar-refractivity contribution is 6.16. The molecular weight excluding hydrogens is 947 g/mol. The molecule has 2 aliphatic carbocycles. The van der Waals surface area contributed by atoms with Gasteiger partial charge >= 0.3 is 0 Å². The number of fused-ring (bicyclic) bond motifs is 11. The Hall–Kier alpha value is -10.2. The molecule has 0 saturated heterocycles. The molecule has 368 valence electrons. The molecule has 0 atom stereocenters. The van der Waals surface area contributed by atoms with E-state index in [0.29, 0.717) is 6.42 Å². The van der Waals surface area contributed by atoms with Crippen LogP contribution in [0.4, 0.5) is 39.8 Å². The normalized spacial score (nSPS) is 13.9. The van der Waals surface area contributed by atoms with Gasteiger partial charge < -0.3 is 19.1 Å². The number of benzene rings is 11. The lowest BCUT2D eigenvalue weighted by molar-refractivity contribution is 0.669. The molecule has 1 spiro atoms. The molecule has 4 heteroatoms. The Morgan fingerprint density at radius 1 is 0.410 bits per heavy atom. The molecule has 15 rings (SSSR count). The average molecular weight is 998 g/mol. The fourth-order valence-corrected chi connectivity index (χ4v) is 12.9. The predicted octanol–water partition coefficient (Wildman–Crippen LogP) is 19.8. The van der Waals surface area contributed by atoms with Gasteiger partial charge in [0.15, 0.2) is 5.58 Å². The van der Waals surface area contributed by atoms with Gasteiger partial charge in [-0.15, -0.1) is 0 Å². The standard InChI is InChI=1S/C74H51N3O/c1-5-23-51(24-6-1)53-45-47-57(48-46-53)76(58-32-19-27-54(49-58)52-25-7-2-8-26-52)69-43-21-36-62-72-68(42-22-44-71(72)78-73(62)69)75(55-28-9-3-10-29-55)59-33-20-40-66-70(50-59)77(56-30-11-4-12-31-56)67-41-18-17-39-65(67)74(66)63-37-15-13-34-60(63)61-35-14-16-38-64(61)74/h1-49H,50H2. The van der Waals surface area contributed by atoms with Gasteiger partial charge in [0.25, 0.3) is 0 Å². The minimum absolute atomic E-state index is 0.562. The number of anilines is 7. The Bertz CT molecular complexity index is 4300. The van der Waals surface area contributed by atoms with Crippen molar-refractivity contribution in [3.63, 3.8) is 0 Å². The third-order valence-electron chi connectivity index (χ3n) is 16.1. The van der Waals surface area contributed by atoms with Gasteiger partial charge in [0.05, 0.1) is 27.9 Å². The van der Waals surface area contributed by atoms with Gasteiger partial charge in [0, 0.05) is 46.0 Å². The van der Waals surface area contributed by atoms with Crippen LogP contribution in [-0.2, 0) is 5.41 Å². The van der Waals surface area contributed by atoms with Crippen molar-refractivity contribution in [2.75, 3.05) is 14.7 Å². The van der Waals surface area contributed by atoms with Crippen molar-refractivity contribution in [3.8, 4) is 33.4 Å². The van der Waals surface area contributed by atoms with Crippen LogP contribution in [0.25, 0.3) is 55.3 Å². The zero-order valence-electron chi connectivity index (χ0n) is 42.7. The second-order valence-corrected chi connectivity index (χ2v) is 20.3. The number of furan rings is 1. The minimum Gasteiger partial charge on any atom is -0.454 e. The summed E-state index contributed by atoms with van der Waals surface area (Å²) in [4.78, 5) is 7.35. The van der Waals surface area contributed by atoms with Crippen molar-refractivity contribution >= 4 is 61.8 Å². The van der Waals surface area contributed by atoms with Crippen molar-refractivity contribution in [1.29, 1.82) is 0 Å². The smallest absolute Gasteiger partial charge is 0.159 e. The van der Waals surface area contributed by atoms with E-state index in [-0.39, 0.29) is 0 Å². The first kappa shape index (κ1) is 45.3. The van der Waals surface area contributed by atoms with Crippen LogP contribution >= 0.6 is 0 Å². The Morgan fingerprint density at radius 2 is 0.949 bits per heavy atom. The topological polar surface area (TPSA) is 22.9 Å². The first-order valence-electron chi connectivity index (χ1n) is 26.9. The quantitative estimate of drug-likeness (QED) is 0.144. The minimum atomic E-state index is -0.562. The number of allylic oxidation sites excluding steroid dienone is 4. The van der Waals surface area contributed by atoms with Crippen molar-refractivity contribution < 1.29 is 4.42 Å². The Balaban J connectivity index is 0.928. The van der Waals surface area contributed by atoms with E-state index in [2.05, 4.69) is 312 Å². The van der Waals surface area contributed by atoms with Gasteiger partial charge in [0.1, 0.15) is 5.58 Å². The SMILES string of the molecule is C1=CC2=C(CC(N(c3ccccc3)c3cccc4oc5c(N(c6ccc(-c7ccccc7)cc6)c6cccc(-c7ccccc7)c6)cccc5c34)=C1)N(c1ccccc1)c1ccccc1C21c2ccccc2-c2ccccc21. The first-order chi connectivity index (χ1) is 38.7. The van der Waals surface area contributed by atoms with Crippen molar-refractivity contribution in [1.82, 2.24) is 0 Å². The lowest BCUT2D eigenvalue weighted by atomic mass is 9.64. The molecule has 12 aromatic rings. The fraction of sp³-hybridized carbons (Fsp3) is 0.0270. The van der Waals surface area contributed by atoms with Crippen LogP contribution in [0.1, 0.15) is 23.1 Å². The Morgan fingerprint density at radius 3 is 1.67 bits per heavy atom. The highest BCUT2D eigenvalue weighted by Gasteiger charge is 2.52. The largest absolute Gasteiger partial charge is 0.454 e. The number of rotatable bonds is 9. The van der Waals surface area contributed by atoms with Gasteiger partial charge in [-0.1, -0.05) is 218 Å². The lowest BCUT2D eigenvalue weighted by Gasteiger charge is -2.46. The highest BCUT2D eigenvalue weighted by atomic mass is 16.3. The van der Waals surface area contributed by atoms with E-state index in [1.54, 1.807) is 0 Å². The number of nitrogens with zero attached hydrogens (tertiary/aromatic N) is 3. The summed E-state index contributed by atoms with van der Waals surface area (Å²) in [6, 6.07) is 101. The van der Waals surface area contributed by atoms with E-state index in [0.717, 1.165) is 78.5 Å². The predicted molar refractivity (Wildman–Crippen MR) is 324 cm³/mol. The van der Waals surface area contributed by atoms with E-state index in [9.17, 15) is 0 Å². The summed E-state index contributed by atoms with van der Waals surface area (Å²) in [5.41, 5.74) is 23.2. The van der Waals surface area contributed by atoms with Crippen LogP contribution in [0, 0.1) is 0 Å². The second kappa shape index (κ2) is 18.6. The molecular formula is C74H51N3O. The second-order valence-electron chi connectivity index (χ2n) is 20.3. The van der Waals surface area contributed by atoms with E-state index in [1.807, 2.05) is 0 Å². The molecule has 2 heterocycles. The summed E-state index contributed by atoms with van der Waals surface area (Å²) in [6.45, 7) is 0. The van der Waals surface area contributed by atoms with E-state index in [4.69, 9.17) is 4.42 Å². The van der Waals surface area contributed by atoms with E-state index >= 15 is 0 Å². The Labute approximate surface area is 454 Å². The van der Waals surface area contributed by atoms with Crippen molar-refractivity contribution in [2.45, 2.75) is 11.8 Å². The van der Waals surface area contributed by atoms with Gasteiger partial charge in [0.2, 0.25) is 0 Å². The third kappa shape index (κ3) is 7.14. The molecule has 0 amide bonds. The molecule has 0 N–H and O–H groups in total. The molecule has 1 aliphatic heterocycles. The van der Waals surface area contributed by atoms with Crippen LogP contribution in [-0.4, -0.2) is 0 Å². The average Bonchev–Trinajstić information content (AvgIpc) is 3.19. The highest BCUT2D eigenvalue weighted by Crippen LogP contribution is 2.63. The maximum atomic E-state index is 7.26. The summed E-state index contributed by atoms with van der Waals surface area (Å²) >= 11 is 0. The van der Waals surface area contributed by atoms with Crippen molar-refractivity contribution in [2.24, 2.45) is 0 Å². The summed E-state index contributed by atoms with van der Waals surface area (Å²) in [5, 5.41) is 2.08. The van der Waals surface area contributed by atoms with Gasteiger partial charge in [-0.3, -0.25) is 0 Å². The maximum Gasteiger partial charge on any atom is 0.159 e. The van der Waals surface area contributed by atoms with Gasteiger partial charge in [-0.05, 0) is 135 Å². The van der Waals surface area contributed by atoms with Crippen LogP contribution < -0.4 is 14.7 Å². The summed E-state index contributed by atoms with van der Waals surface area (Å²) < 4.78 is 7.26. The molecule has 1 aromatic heterocycles. The van der Waals surface area contributed by atoms with Crippen LogP contribution in [0.2, 0.25) is 0 Å². The summed E-state index contributed by atoms with van der Waals surface area (Å²) in [6.07, 6.45) is 7.66. The van der Waals surface area contributed by atoms with Gasteiger partial charge in [-0.25, -0.2) is 0 Å². The molecule has 0 radical (unpaired) electrons. The van der Waals surface area contributed by atoms with E-state index < -0.39 is 5.41 Å². The molecule has 4 nitrogen and oxygen atoms in total. The molecule has 11 aromatic carbocycles. The molecule has 0 unspecified atom stereocenters. The van der Waals surface area contributed by atoms with Gasteiger partial charge in [-0.2, -0.15) is 0 Å². The fourth-order valence-electron chi connectivity index (χ4n) is 12.9. The Kier molecular flexibility index (Phi) is 10.8. The number of hydrogen-bond acceptors (Lipinski definition) is 4. The van der Waals surface area contributed by atoms with Crippen LogP contribution in [0.5, 0.6) is 0 Å². The monoisotopic (exact) mass is 997 g/mol. The molecule has 0 saturated carbocycles. The van der Waals surface area contributed by atoms with Crippen LogP contribution in [0.3, 0.4) is 0 Å². The third-order valence-corrected chi connectivity index (χ3v) is 16.1. The van der Waals surface area contributed by atoms with Crippen molar-refractivity contribution in [3.05, 3.63) is 331 Å².